The van der Waals surface area contributed by atoms with Crippen LogP contribution in [0.25, 0.3) is 22.3 Å². The van der Waals surface area contributed by atoms with Gasteiger partial charge in [0, 0.05) is 29.4 Å². The molecule has 3 rings (SSSR count). The van der Waals surface area contributed by atoms with E-state index in [2.05, 4.69) is 9.97 Å². The Hall–Kier alpha value is -2.07. The molecule has 0 aliphatic heterocycles. The van der Waals surface area contributed by atoms with E-state index in [9.17, 15) is 5.11 Å². The number of halogens is 1. The quantitative estimate of drug-likeness (QED) is 0.744. The summed E-state index contributed by atoms with van der Waals surface area (Å²) in [7, 11) is 1.92. The van der Waals surface area contributed by atoms with Gasteiger partial charge in [-0.25, -0.2) is 9.97 Å². The van der Waals surface area contributed by atoms with E-state index in [1.54, 1.807) is 18.3 Å². The fourth-order valence-corrected chi connectivity index (χ4v) is 2.62. The Morgan fingerprint density at radius 1 is 1.20 bits per heavy atom. The van der Waals surface area contributed by atoms with Crippen molar-refractivity contribution in [2.75, 3.05) is 0 Å². The maximum absolute atomic E-state index is 10.3. The van der Waals surface area contributed by atoms with E-state index in [0.717, 1.165) is 28.1 Å². The van der Waals surface area contributed by atoms with Crippen LogP contribution in [0.1, 0.15) is 11.4 Å². The molecule has 1 aromatic carbocycles. The van der Waals surface area contributed by atoms with E-state index in [-0.39, 0.29) is 5.75 Å². The highest BCUT2D eigenvalue weighted by atomic mass is 35.5. The van der Waals surface area contributed by atoms with Gasteiger partial charge in [0.15, 0.2) is 5.65 Å². The molecule has 4 nitrogen and oxygen atoms in total. The average molecular weight is 288 g/mol. The first-order valence-electron chi connectivity index (χ1n) is 6.26. The van der Waals surface area contributed by atoms with Crippen molar-refractivity contribution in [2.45, 2.75) is 13.8 Å². The summed E-state index contributed by atoms with van der Waals surface area (Å²) < 4.78 is 1.92. The zero-order valence-electron chi connectivity index (χ0n) is 11.5. The van der Waals surface area contributed by atoms with Gasteiger partial charge >= 0.3 is 0 Å². The summed E-state index contributed by atoms with van der Waals surface area (Å²) >= 11 is 6.11. The van der Waals surface area contributed by atoms with Crippen LogP contribution in [0.4, 0.5) is 0 Å². The summed E-state index contributed by atoms with van der Waals surface area (Å²) in [6.07, 6.45) is 1.72. The molecule has 3 aromatic rings. The Bertz CT molecular complexity index is 824. The monoisotopic (exact) mass is 287 g/mol. The van der Waals surface area contributed by atoms with Crippen LogP contribution in [-0.2, 0) is 7.05 Å². The molecule has 0 bridgehead atoms. The van der Waals surface area contributed by atoms with Crippen LogP contribution >= 0.6 is 11.6 Å². The molecule has 0 atom stereocenters. The number of hydrogen-bond donors (Lipinski definition) is 1. The van der Waals surface area contributed by atoms with Gasteiger partial charge in [0.1, 0.15) is 17.1 Å². The van der Waals surface area contributed by atoms with Gasteiger partial charge in [0.25, 0.3) is 0 Å². The number of pyridine rings is 1. The van der Waals surface area contributed by atoms with Gasteiger partial charge in [-0.3, -0.25) is 0 Å². The lowest BCUT2D eigenvalue weighted by molar-refractivity contribution is 0.473. The number of phenols is 1. The first-order valence-corrected chi connectivity index (χ1v) is 6.64. The summed E-state index contributed by atoms with van der Waals surface area (Å²) in [6.45, 7) is 3.75. The van der Waals surface area contributed by atoms with Crippen molar-refractivity contribution in [1.29, 1.82) is 0 Å². The molecule has 0 aliphatic rings. The number of phenolic OH excluding ortho intramolecular Hbond substituents is 1. The van der Waals surface area contributed by atoms with Crippen molar-refractivity contribution in [2.24, 2.45) is 7.05 Å². The minimum atomic E-state index is 0.227. The molecule has 5 heteroatoms. The highest BCUT2D eigenvalue weighted by Crippen LogP contribution is 2.37. The van der Waals surface area contributed by atoms with Crippen LogP contribution in [0.5, 0.6) is 5.75 Å². The normalized spacial score (nSPS) is 11.2. The van der Waals surface area contributed by atoms with Gasteiger partial charge < -0.3 is 9.67 Å². The lowest BCUT2D eigenvalue weighted by Gasteiger charge is -2.09. The van der Waals surface area contributed by atoms with Crippen molar-refractivity contribution in [3.8, 4) is 16.9 Å². The first-order chi connectivity index (χ1) is 9.49. The third-order valence-corrected chi connectivity index (χ3v) is 3.76. The van der Waals surface area contributed by atoms with Crippen molar-refractivity contribution in [3.05, 3.63) is 40.8 Å². The number of nitrogens with zero attached hydrogens (tertiary/aromatic N) is 3. The zero-order valence-corrected chi connectivity index (χ0v) is 12.2. The maximum atomic E-state index is 10.3. The molecule has 0 spiro atoms. The summed E-state index contributed by atoms with van der Waals surface area (Å²) in [5.41, 5.74) is 3.81. The Morgan fingerprint density at radius 3 is 2.70 bits per heavy atom. The molecule has 0 saturated heterocycles. The standard InChI is InChI=1S/C15H14ClN3O/c1-8-6-10(16)7-12(14(8)20)11-4-5-17-15-13(11)18-9(2)19(15)3/h4-7,20H,1-3H3. The number of aryl methyl sites for hydroxylation is 3. The predicted octanol–water partition coefficient (Wildman–Crippen LogP) is 3.61. The number of fused-ring (bicyclic) bond motifs is 1. The lowest BCUT2D eigenvalue weighted by atomic mass is 10.0. The fourth-order valence-electron chi connectivity index (χ4n) is 2.35. The molecule has 0 amide bonds. The van der Waals surface area contributed by atoms with Gasteiger partial charge in [-0.2, -0.15) is 0 Å². The Morgan fingerprint density at radius 2 is 1.95 bits per heavy atom. The molecular formula is C15H14ClN3O. The SMILES string of the molecule is Cc1cc(Cl)cc(-c2ccnc3c2nc(C)n3C)c1O. The number of benzene rings is 1. The predicted molar refractivity (Wildman–Crippen MR) is 80.1 cm³/mol. The number of imidazole rings is 1. The van der Waals surface area contributed by atoms with Crippen molar-refractivity contribution >= 4 is 22.8 Å². The molecule has 0 unspecified atom stereocenters. The number of aromatic hydroxyl groups is 1. The van der Waals surface area contributed by atoms with E-state index < -0.39 is 0 Å². The second-order valence-corrected chi connectivity index (χ2v) is 5.30. The van der Waals surface area contributed by atoms with E-state index in [4.69, 9.17) is 11.6 Å². The first kappa shape index (κ1) is 12.9. The zero-order chi connectivity index (χ0) is 14.4. The highest BCUT2D eigenvalue weighted by molar-refractivity contribution is 6.31. The molecule has 0 saturated carbocycles. The third-order valence-electron chi connectivity index (χ3n) is 3.54. The summed E-state index contributed by atoms with van der Waals surface area (Å²) in [6, 6.07) is 5.34. The van der Waals surface area contributed by atoms with E-state index >= 15 is 0 Å². The van der Waals surface area contributed by atoms with E-state index in [0.29, 0.717) is 10.6 Å². The molecule has 102 valence electrons. The maximum Gasteiger partial charge on any atom is 0.160 e. The molecule has 20 heavy (non-hydrogen) atoms. The summed E-state index contributed by atoms with van der Waals surface area (Å²) in [4.78, 5) is 8.88. The molecule has 0 fully saturated rings. The molecule has 2 heterocycles. The van der Waals surface area contributed by atoms with Gasteiger partial charge in [-0.1, -0.05) is 11.6 Å². The van der Waals surface area contributed by atoms with Crippen LogP contribution in [0.3, 0.4) is 0 Å². The Balaban J connectivity index is 2.38. The number of aromatic nitrogens is 3. The molecular weight excluding hydrogens is 274 g/mol. The molecule has 2 aromatic heterocycles. The fraction of sp³-hybridized carbons (Fsp3) is 0.200. The lowest BCUT2D eigenvalue weighted by Crippen LogP contribution is -1.92. The van der Waals surface area contributed by atoms with Gasteiger partial charge in [-0.05, 0) is 37.6 Å². The van der Waals surface area contributed by atoms with Crippen LogP contribution in [0.15, 0.2) is 24.4 Å². The van der Waals surface area contributed by atoms with Gasteiger partial charge in [-0.15, -0.1) is 0 Å². The topological polar surface area (TPSA) is 50.9 Å². The second kappa shape index (κ2) is 4.49. The van der Waals surface area contributed by atoms with Gasteiger partial charge in [0.05, 0.1) is 0 Å². The largest absolute Gasteiger partial charge is 0.507 e. The Labute approximate surface area is 121 Å². The third kappa shape index (κ3) is 1.84. The molecule has 0 aliphatic carbocycles. The van der Waals surface area contributed by atoms with Crippen molar-refractivity contribution in [3.63, 3.8) is 0 Å². The van der Waals surface area contributed by atoms with Crippen LogP contribution in [-0.4, -0.2) is 19.6 Å². The summed E-state index contributed by atoms with van der Waals surface area (Å²) in [5, 5.41) is 10.9. The Kier molecular flexibility index (Phi) is 2.91. The molecule has 1 N–H and O–H groups in total. The van der Waals surface area contributed by atoms with Crippen molar-refractivity contribution in [1.82, 2.24) is 14.5 Å². The smallest absolute Gasteiger partial charge is 0.160 e. The summed E-state index contributed by atoms with van der Waals surface area (Å²) in [5.74, 6) is 1.10. The van der Waals surface area contributed by atoms with Crippen molar-refractivity contribution < 1.29 is 5.11 Å². The van der Waals surface area contributed by atoms with Gasteiger partial charge in [0.2, 0.25) is 0 Å². The number of hydrogen-bond acceptors (Lipinski definition) is 3. The van der Waals surface area contributed by atoms with Crippen LogP contribution in [0.2, 0.25) is 5.02 Å². The average Bonchev–Trinajstić information content (AvgIpc) is 2.70. The minimum absolute atomic E-state index is 0.227. The van der Waals surface area contributed by atoms with E-state index in [1.807, 2.05) is 31.5 Å². The van der Waals surface area contributed by atoms with Crippen LogP contribution in [0, 0.1) is 13.8 Å². The second-order valence-electron chi connectivity index (χ2n) is 4.87. The minimum Gasteiger partial charge on any atom is -0.507 e. The highest BCUT2D eigenvalue weighted by Gasteiger charge is 2.15. The number of rotatable bonds is 1. The molecule has 0 radical (unpaired) electrons. The van der Waals surface area contributed by atoms with E-state index in [1.165, 1.54) is 0 Å². The van der Waals surface area contributed by atoms with Crippen LogP contribution < -0.4 is 0 Å².